The predicted octanol–water partition coefficient (Wildman–Crippen LogP) is 2.33. The highest BCUT2D eigenvalue weighted by Gasteiger charge is 2.07. The molecule has 2 aromatic rings. The van der Waals surface area contributed by atoms with Crippen molar-refractivity contribution in [3.8, 4) is 5.75 Å². The molecule has 0 unspecified atom stereocenters. The van der Waals surface area contributed by atoms with Crippen LogP contribution >= 0.6 is 11.6 Å². The van der Waals surface area contributed by atoms with Gasteiger partial charge in [-0.15, -0.1) is 0 Å². The van der Waals surface area contributed by atoms with Crippen LogP contribution in [0.2, 0.25) is 5.02 Å². The van der Waals surface area contributed by atoms with E-state index in [2.05, 4.69) is 15.5 Å². The maximum Gasteiger partial charge on any atom is 0.264 e. The van der Waals surface area contributed by atoms with Gasteiger partial charge in [-0.1, -0.05) is 22.8 Å². The molecule has 96 valence electrons. The molecular weight excluding hydrogens is 254 g/mol. The molecule has 0 bridgehead atoms. The predicted molar refractivity (Wildman–Crippen MR) is 67.6 cm³/mol. The van der Waals surface area contributed by atoms with E-state index in [1.807, 2.05) is 25.2 Å². The van der Waals surface area contributed by atoms with Crippen molar-refractivity contribution >= 4 is 11.6 Å². The number of rotatable bonds is 5. The van der Waals surface area contributed by atoms with Crippen LogP contribution in [-0.2, 0) is 13.2 Å². The number of nitrogens with zero attached hydrogens (tertiary/aromatic N) is 2. The minimum atomic E-state index is 0.214. The molecule has 1 aromatic carbocycles. The first-order valence-corrected chi connectivity index (χ1v) is 5.92. The summed E-state index contributed by atoms with van der Waals surface area (Å²) in [6.07, 6.45) is 0. The van der Waals surface area contributed by atoms with Gasteiger partial charge in [0.15, 0.2) is 12.4 Å². The highest BCUT2D eigenvalue weighted by atomic mass is 35.5. The smallest absolute Gasteiger partial charge is 0.264 e. The fraction of sp³-hybridized carbons (Fsp3) is 0.333. The first-order chi connectivity index (χ1) is 8.69. The normalized spacial score (nSPS) is 10.6. The summed E-state index contributed by atoms with van der Waals surface area (Å²) in [7, 11) is 1.89. The molecule has 0 aliphatic carbocycles. The summed E-state index contributed by atoms with van der Waals surface area (Å²) in [5, 5.41) is 7.31. The van der Waals surface area contributed by atoms with E-state index in [0.717, 1.165) is 12.1 Å². The Hall–Kier alpha value is -1.59. The SMILES string of the molecule is CNCc1ccc(OCc2nc(C)no2)c(Cl)c1. The van der Waals surface area contributed by atoms with Crippen molar-refractivity contribution in [2.24, 2.45) is 0 Å². The second-order valence-corrected chi connectivity index (χ2v) is 4.23. The van der Waals surface area contributed by atoms with E-state index in [0.29, 0.717) is 22.5 Å². The summed E-state index contributed by atoms with van der Waals surface area (Å²) in [4.78, 5) is 4.05. The fourth-order valence-corrected chi connectivity index (χ4v) is 1.77. The summed E-state index contributed by atoms with van der Waals surface area (Å²) >= 11 is 6.12. The summed E-state index contributed by atoms with van der Waals surface area (Å²) < 4.78 is 10.5. The van der Waals surface area contributed by atoms with Gasteiger partial charge in [0.2, 0.25) is 0 Å². The maximum absolute atomic E-state index is 6.12. The largest absolute Gasteiger partial charge is 0.482 e. The number of benzene rings is 1. The second kappa shape index (κ2) is 5.84. The van der Waals surface area contributed by atoms with Crippen LogP contribution in [0.5, 0.6) is 5.75 Å². The molecule has 0 fully saturated rings. The van der Waals surface area contributed by atoms with Crippen molar-refractivity contribution in [1.29, 1.82) is 0 Å². The van der Waals surface area contributed by atoms with Crippen molar-refractivity contribution in [3.05, 3.63) is 40.5 Å². The zero-order valence-electron chi connectivity index (χ0n) is 10.2. The number of aromatic nitrogens is 2. The van der Waals surface area contributed by atoms with Crippen LogP contribution in [0.25, 0.3) is 0 Å². The van der Waals surface area contributed by atoms with Gasteiger partial charge in [-0.25, -0.2) is 0 Å². The number of hydrogen-bond donors (Lipinski definition) is 1. The Kier molecular flexibility index (Phi) is 4.17. The molecule has 1 aromatic heterocycles. The molecular formula is C12H14ClN3O2. The van der Waals surface area contributed by atoms with Crippen molar-refractivity contribution in [1.82, 2.24) is 15.5 Å². The van der Waals surface area contributed by atoms with Crippen LogP contribution in [0.1, 0.15) is 17.3 Å². The first kappa shape index (κ1) is 12.9. The molecule has 0 radical (unpaired) electrons. The van der Waals surface area contributed by atoms with Crippen LogP contribution in [0.15, 0.2) is 22.7 Å². The van der Waals surface area contributed by atoms with E-state index >= 15 is 0 Å². The molecule has 0 aliphatic rings. The van der Waals surface area contributed by atoms with E-state index in [-0.39, 0.29) is 6.61 Å². The van der Waals surface area contributed by atoms with E-state index in [4.69, 9.17) is 20.9 Å². The number of nitrogens with one attached hydrogen (secondary N) is 1. The topological polar surface area (TPSA) is 60.2 Å². The Morgan fingerprint density at radius 1 is 1.44 bits per heavy atom. The van der Waals surface area contributed by atoms with Crippen LogP contribution in [0.4, 0.5) is 0 Å². The molecule has 1 heterocycles. The van der Waals surface area contributed by atoms with Crippen LogP contribution in [0.3, 0.4) is 0 Å². The van der Waals surface area contributed by atoms with Gasteiger partial charge in [0.05, 0.1) is 5.02 Å². The molecule has 5 nitrogen and oxygen atoms in total. The van der Waals surface area contributed by atoms with Crippen molar-refractivity contribution in [2.45, 2.75) is 20.1 Å². The van der Waals surface area contributed by atoms with Gasteiger partial charge >= 0.3 is 0 Å². The summed E-state index contributed by atoms with van der Waals surface area (Å²) in [6.45, 7) is 2.74. The van der Waals surface area contributed by atoms with Gasteiger partial charge in [-0.05, 0) is 31.7 Å². The molecule has 6 heteroatoms. The molecule has 0 aliphatic heterocycles. The monoisotopic (exact) mass is 267 g/mol. The average Bonchev–Trinajstić information content (AvgIpc) is 2.74. The van der Waals surface area contributed by atoms with Crippen molar-refractivity contribution in [2.75, 3.05) is 7.05 Å². The number of aryl methyl sites for hydroxylation is 1. The minimum Gasteiger partial charge on any atom is -0.482 e. The highest BCUT2D eigenvalue weighted by molar-refractivity contribution is 6.32. The Morgan fingerprint density at radius 3 is 2.89 bits per heavy atom. The highest BCUT2D eigenvalue weighted by Crippen LogP contribution is 2.26. The molecule has 0 spiro atoms. The van der Waals surface area contributed by atoms with Gasteiger partial charge in [-0.3, -0.25) is 0 Å². The molecule has 18 heavy (non-hydrogen) atoms. The lowest BCUT2D eigenvalue weighted by Crippen LogP contribution is -2.05. The summed E-state index contributed by atoms with van der Waals surface area (Å²) in [5.41, 5.74) is 1.10. The van der Waals surface area contributed by atoms with Crippen molar-refractivity contribution < 1.29 is 9.26 Å². The van der Waals surface area contributed by atoms with E-state index in [9.17, 15) is 0 Å². The summed E-state index contributed by atoms with van der Waals surface area (Å²) in [5.74, 6) is 1.62. The molecule has 0 saturated heterocycles. The fourth-order valence-electron chi connectivity index (χ4n) is 1.51. The summed E-state index contributed by atoms with van der Waals surface area (Å²) in [6, 6.07) is 5.65. The Labute approximate surface area is 110 Å². The van der Waals surface area contributed by atoms with Gasteiger partial charge in [0, 0.05) is 6.54 Å². The van der Waals surface area contributed by atoms with Crippen LogP contribution < -0.4 is 10.1 Å². The van der Waals surface area contributed by atoms with Crippen LogP contribution in [-0.4, -0.2) is 17.2 Å². The number of halogens is 1. The molecule has 0 atom stereocenters. The van der Waals surface area contributed by atoms with Gasteiger partial charge in [-0.2, -0.15) is 4.98 Å². The zero-order chi connectivity index (χ0) is 13.0. The quantitative estimate of drug-likeness (QED) is 0.901. The zero-order valence-corrected chi connectivity index (χ0v) is 11.0. The number of hydrogen-bond acceptors (Lipinski definition) is 5. The lowest BCUT2D eigenvalue weighted by molar-refractivity contribution is 0.242. The van der Waals surface area contributed by atoms with E-state index < -0.39 is 0 Å². The third-order valence-corrected chi connectivity index (χ3v) is 2.59. The molecule has 2 rings (SSSR count). The third-order valence-electron chi connectivity index (χ3n) is 2.30. The lowest BCUT2D eigenvalue weighted by Gasteiger charge is -2.07. The van der Waals surface area contributed by atoms with Gasteiger partial charge < -0.3 is 14.6 Å². The Balaban J connectivity index is 2.01. The number of ether oxygens (including phenoxy) is 1. The van der Waals surface area contributed by atoms with E-state index in [1.165, 1.54) is 0 Å². The van der Waals surface area contributed by atoms with Gasteiger partial charge in [0.1, 0.15) is 5.75 Å². The standard InChI is InChI=1S/C12H14ClN3O2/c1-8-15-12(18-16-8)7-17-11-4-3-9(6-14-2)5-10(11)13/h3-5,14H,6-7H2,1-2H3. The first-order valence-electron chi connectivity index (χ1n) is 5.54. The molecule has 0 amide bonds. The Morgan fingerprint density at radius 2 is 2.28 bits per heavy atom. The lowest BCUT2D eigenvalue weighted by atomic mass is 10.2. The average molecular weight is 268 g/mol. The maximum atomic E-state index is 6.12. The van der Waals surface area contributed by atoms with E-state index in [1.54, 1.807) is 6.92 Å². The second-order valence-electron chi connectivity index (χ2n) is 3.82. The Bertz CT molecular complexity index is 528. The van der Waals surface area contributed by atoms with Gasteiger partial charge in [0.25, 0.3) is 5.89 Å². The molecule has 1 N–H and O–H groups in total. The van der Waals surface area contributed by atoms with Crippen molar-refractivity contribution in [3.63, 3.8) is 0 Å². The third kappa shape index (κ3) is 3.21. The van der Waals surface area contributed by atoms with Crippen LogP contribution in [0, 0.1) is 6.92 Å². The molecule has 0 saturated carbocycles. The minimum absolute atomic E-state index is 0.214.